The monoisotopic (exact) mass is 269 g/mol. The van der Waals surface area contributed by atoms with Crippen LogP contribution in [0.3, 0.4) is 0 Å². The Balaban J connectivity index is 1.90. The summed E-state index contributed by atoms with van der Waals surface area (Å²) in [5, 5.41) is 9.86. The van der Waals surface area contributed by atoms with Gasteiger partial charge in [-0.3, -0.25) is 0 Å². The lowest BCUT2D eigenvalue weighted by atomic mass is 10.1. The molecule has 3 aromatic rings. The summed E-state index contributed by atoms with van der Waals surface area (Å²) in [7, 11) is 0. The Kier molecular flexibility index (Phi) is 3.26. The summed E-state index contributed by atoms with van der Waals surface area (Å²) in [6.45, 7) is 0. The van der Waals surface area contributed by atoms with Crippen LogP contribution >= 0.6 is 11.3 Å². The molecule has 0 aliphatic carbocycles. The SMILES string of the molecule is NC(c1ccccc1)c1nnc(-c2cncnc2)s1. The van der Waals surface area contributed by atoms with Gasteiger partial charge in [0.2, 0.25) is 0 Å². The molecule has 1 unspecified atom stereocenters. The summed E-state index contributed by atoms with van der Waals surface area (Å²) in [6, 6.07) is 9.60. The van der Waals surface area contributed by atoms with Crippen molar-refractivity contribution in [3.05, 3.63) is 59.6 Å². The quantitative estimate of drug-likeness (QED) is 0.787. The Labute approximate surface area is 114 Å². The van der Waals surface area contributed by atoms with Crippen LogP contribution < -0.4 is 5.73 Å². The molecular weight excluding hydrogens is 258 g/mol. The summed E-state index contributed by atoms with van der Waals surface area (Å²) in [4.78, 5) is 7.94. The van der Waals surface area contributed by atoms with Gasteiger partial charge < -0.3 is 5.73 Å². The number of nitrogens with two attached hydrogens (primary N) is 1. The summed E-state index contributed by atoms with van der Waals surface area (Å²) in [5.41, 5.74) is 8.06. The van der Waals surface area contributed by atoms with E-state index in [4.69, 9.17) is 5.73 Å². The number of rotatable bonds is 3. The van der Waals surface area contributed by atoms with E-state index in [0.29, 0.717) is 0 Å². The fraction of sp³-hybridized carbons (Fsp3) is 0.0769. The average Bonchev–Trinajstić information content (AvgIpc) is 2.98. The molecule has 0 saturated carbocycles. The predicted molar refractivity (Wildman–Crippen MR) is 73.4 cm³/mol. The Bertz CT molecular complexity index is 653. The van der Waals surface area contributed by atoms with Gasteiger partial charge in [-0.2, -0.15) is 0 Å². The topological polar surface area (TPSA) is 77.6 Å². The first kappa shape index (κ1) is 11.9. The smallest absolute Gasteiger partial charge is 0.150 e. The number of aromatic nitrogens is 4. The molecule has 0 amide bonds. The van der Waals surface area contributed by atoms with E-state index in [1.165, 1.54) is 17.7 Å². The fourth-order valence-electron chi connectivity index (χ4n) is 1.69. The number of benzene rings is 1. The highest BCUT2D eigenvalue weighted by Crippen LogP contribution is 2.27. The highest BCUT2D eigenvalue weighted by Gasteiger charge is 2.15. The van der Waals surface area contributed by atoms with Crippen molar-refractivity contribution in [3.63, 3.8) is 0 Å². The predicted octanol–water partition coefficient (Wildman–Crippen LogP) is 2.04. The van der Waals surface area contributed by atoms with E-state index in [1.54, 1.807) is 12.4 Å². The summed E-state index contributed by atoms with van der Waals surface area (Å²) < 4.78 is 0. The minimum Gasteiger partial charge on any atom is -0.318 e. The highest BCUT2D eigenvalue weighted by molar-refractivity contribution is 7.14. The van der Waals surface area contributed by atoms with Crippen molar-refractivity contribution in [2.24, 2.45) is 5.73 Å². The van der Waals surface area contributed by atoms with Crippen molar-refractivity contribution in [2.75, 3.05) is 0 Å². The van der Waals surface area contributed by atoms with Gasteiger partial charge in [-0.05, 0) is 5.56 Å². The van der Waals surface area contributed by atoms with E-state index in [0.717, 1.165) is 21.1 Å². The van der Waals surface area contributed by atoms with Crippen molar-refractivity contribution in [1.29, 1.82) is 0 Å². The van der Waals surface area contributed by atoms with Gasteiger partial charge in [0.05, 0.1) is 6.04 Å². The van der Waals surface area contributed by atoms with Crippen molar-refractivity contribution in [1.82, 2.24) is 20.2 Å². The first-order valence-electron chi connectivity index (χ1n) is 5.74. The molecule has 2 aromatic heterocycles. The summed E-state index contributed by atoms with van der Waals surface area (Å²) in [5.74, 6) is 0. The molecule has 94 valence electrons. The van der Waals surface area contributed by atoms with Gasteiger partial charge >= 0.3 is 0 Å². The lowest BCUT2D eigenvalue weighted by Gasteiger charge is -2.06. The van der Waals surface area contributed by atoms with Gasteiger partial charge in [-0.15, -0.1) is 10.2 Å². The minimum absolute atomic E-state index is 0.253. The van der Waals surface area contributed by atoms with Gasteiger partial charge in [-0.1, -0.05) is 41.7 Å². The van der Waals surface area contributed by atoms with Crippen LogP contribution in [0.5, 0.6) is 0 Å². The van der Waals surface area contributed by atoms with E-state index in [2.05, 4.69) is 20.2 Å². The van der Waals surface area contributed by atoms with Crippen LogP contribution in [0.4, 0.5) is 0 Å². The Morgan fingerprint density at radius 2 is 1.74 bits per heavy atom. The molecule has 0 bridgehead atoms. The van der Waals surface area contributed by atoms with Crippen LogP contribution in [0.1, 0.15) is 16.6 Å². The van der Waals surface area contributed by atoms with Gasteiger partial charge in [0.15, 0.2) is 5.01 Å². The van der Waals surface area contributed by atoms with E-state index in [9.17, 15) is 0 Å². The van der Waals surface area contributed by atoms with Crippen LogP contribution in [0, 0.1) is 0 Å². The molecule has 0 saturated heterocycles. The van der Waals surface area contributed by atoms with Crippen molar-refractivity contribution < 1.29 is 0 Å². The maximum absolute atomic E-state index is 6.18. The minimum atomic E-state index is -0.253. The second-order valence-electron chi connectivity index (χ2n) is 3.96. The third kappa shape index (κ3) is 2.49. The number of nitrogens with zero attached hydrogens (tertiary/aromatic N) is 4. The maximum Gasteiger partial charge on any atom is 0.150 e. The van der Waals surface area contributed by atoms with Gasteiger partial charge in [-0.25, -0.2) is 9.97 Å². The molecule has 6 heteroatoms. The van der Waals surface area contributed by atoms with Crippen LogP contribution in [-0.4, -0.2) is 20.2 Å². The van der Waals surface area contributed by atoms with Crippen LogP contribution in [0.25, 0.3) is 10.6 Å². The lowest BCUT2D eigenvalue weighted by Crippen LogP contribution is -2.11. The molecule has 5 nitrogen and oxygen atoms in total. The standard InChI is InChI=1S/C13H11N5S/c14-11(9-4-2-1-3-5-9)13-18-17-12(19-13)10-6-15-8-16-7-10/h1-8,11H,14H2. The molecule has 19 heavy (non-hydrogen) atoms. The van der Waals surface area contributed by atoms with Crippen molar-refractivity contribution in [3.8, 4) is 10.6 Å². The Morgan fingerprint density at radius 1 is 1.00 bits per heavy atom. The zero-order chi connectivity index (χ0) is 13.1. The van der Waals surface area contributed by atoms with E-state index >= 15 is 0 Å². The van der Waals surface area contributed by atoms with E-state index in [1.807, 2.05) is 30.3 Å². The molecule has 1 aromatic carbocycles. The van der Waals surface area contributed by atoms with Gasteiger partial charge in [0.1, 0.15) is 11.3 Å². The highest BCUT2D eigenvalue weighted by atomic mass is 32.1. The largest absolute Gasteiger partial charge is 0.318 e. The maximum atomic E-state index is 6.18. The van der Waals surface area contributed by atoms with Crippen LogP contribution in [0.2, 0.25) is 0 Å². The van der Waals surface area contributed by atoms with Crippen LogP contribution in [-0.2, 0) is 0 Å². The third-order valence-corrected chi connectivity index (χ3v) is 3.73. The molecular formula is C13H11N5S. The Hall–Kier alpha value is -2.18. The summed E-state index contributed by atoms with van der Waals surface area (Å²) >= 11 is 1.46. The van der Waals surface area contributed by atoms with E-state index < -0.39 is 0 Å². The van der Waals surface area contributed by atoms with Gasteiger partial charge in [0, 0.05) is 18.0 Å². The summed E-state index contributed by atoms with van der Waals surface area (Å²) in [6.07, 6.45) is 4.91. The molecule has 3 rings (SSSR count). The molecule has 1 atom stereocenters. The number of hydrogen-bond donors (Lipinski definition) is 1. The van der Waals surface area contributed by atoms with Crippen molar-refractivity contribution >= 4 is 11.3 Å². The molecule has 0 fully saturated rings. The van der Waals surface area contributed by atoms with Crippen molar-refractivity contribution in [2.45, 2.75) is 6.04 Å². The second-order valence-corrected chi connectivity index (χ2v) is 4.97. The molecule has 0 aliphatic heterocycles. The first-order chi connectivity index (χ1) is 9.34. The average molecular weight is 269 g/mol. The lowest BCUT2D eigenvalue weighted by molar-refractivity contribution is 0.831. The molecule has 0 radical (unpaired) electrons. The number of hydrogen-bond acceptors (Lipinski definition) is 6. The molecule has 0 spiro atoms. The zero-order valence-corrected chi connectivity index (χ0v) is 10.8. The zero-order valence-electron chi connectivity index (χ0n) is 9.97. The van der Waals surface area contributed by atoms with E-state index in [-0.39, 0.29) is 6.04 Å². The Morgan fingerprint density at radius 3 is 2.47 bits per heavy atom. The third-order valence-electron chi connectivity index (χ3n) is 2.67. The molecule has 2 N–H and O–H groups in total. The van der Waals surface area contributed by atoms with Crippen LogP contribution in [0.15, 0.2) is 49.1 Å². The first-order valence-corrected chi connectivity index (χ1v) is 6.55. The normalized spacial score (nSPS) is 12.3. The fourth-order valence-corrected chi connectivity index (χ4v) is 2.54. The second kappa shape index (κ2) is 5.21. The molecule has 2 heterocycles. The van der Waals surface area contributed by atoms with Gasteiger partial charge in [0.25, 0.3) is 0 Å². The molecule has 0 aliphatic rings.